The van der Waals surface area contributed by atoms with Gasteiger partial charge in [0.25, 0.3) is 0 Å². The molecule has 3 heteroatoms. The van der Waals surface area contributed by atoms with E-state index in [-0.39, 0.29) is 36.2 Å². The van der Waals surface area contributed by atoms with Gasteiger partial charge in [-0.1, -0.05) is 19.4 Å². The quantitative estimate of drug-likeness (QED) is 0.364. The molecule has 0 saturated carbocycles. The van der Waals surface area contributed by atoms with Gasteiger partial charge in [0.1, 0.15) is 0 Å². The first kappa shape index (κ1) is 11.7. The molecule has 0 spiro atoms. The molecule has 2 nitrogen and oxygen atoms in total. The van der Waals surface area contributed by atoms with E-state index in [0.717, 1.165) is 0 Å². The number of rotatable bonds is 2. The number of hydrogen-bond acceptors (Lipinski definition) is 2. The molecule has 44 valence electrons. The van der Waals surface area contributed by atoms with Crippen LogP contribution < -0.4 is 34.7 Å². The van der Waals surface area contributed by atoms with Gasteiger partial charge in [0.05, 0.1) is 0 Å². The minimum Gasteiger partial charge on any atom is -0.848 e. The largest absolute Gasteiger partial charge is 1.00 e. The third-order valence-electron chi connectivity index (χ3n) is 0.492. The number of methoxy groups -OCH3 is 1. The standard InChI is InChI=1S/C5H11O2.Na/c1-5(2,6)4-7-3;/h4H2,1-3H3;/q-1;+1. The van der Waals surface area contributed by atoms with Crippen LogP contribution in [0.3, 0.4) is 0 Å². The molecule has 0 rings (SSSR count). The van der Waals surface area contributed by atoms with Gasteiger partial charge in [0.2, 0.25) is 0 Å². The normalized spacial score (nSPS) is 10.5. The fourth-order valence-electron chi connectivity index (χ4n) is 0.348. The SMILES string of the molecule is COCC(C)(C)[O-].[Na+]. The summed E-state index contributed by atoms with van der Waals surface area (Å²) in [5, 5.41) is 10.6. The van der Waals surface area contributed by atoms with E-state index in [9.17, 15) is 5.11 Å². The maximum atomic E-state index is 10.6. The summed E-state index contributed by atoms with van der Waals surface area (Å²) in [4.78, 5) is 0. The van der Waals surface area contributed by atoms with Crippen molar-refractivity contribution in [2.24, 2.45) is 0 Å². The summed E-state index contributed by atoms with van der Waals surface area (Å²) < 4.78 is 4.59. The molecule has 0 aromatic heterocycles. The van der Waals surface area contributed by atoms with E-state index in [0.29, 0.717) is 0 Å². The van der Waals surface area contributed by atoms with E-state index in [1.54, 1.807) is 13.8 Å². The Hall–Kier alpha value is 0.920. The summed E-state index contributed by atoms with van der Waals surface area (Å²) in [5.74, 6) is 0. The maximum Gasteiger partial charge on any atom is 1.00 e. The van der Waals surface area contributed by atoms with Gasteiger partial charge in [-0.3, -0.25) is 0 Å². The van der Waals surface area contributed by atoms with Crippen LogP contribution in [0.5, 0.6) is 0 Å². The van der Waals surface area contributed by atoms with Gasteiger partial charge in [0, 0.05) is 13.7 Å². The molecule has 0 bridgehead atoms. The molecule has 0 heterocycles. The molecule has 0 unspecified atom stereocenters. The summed E-state index contributed by atoms with van der Waals surface area (Å²) in [5.41, 5.74) is -0.922. The fourth-order valence-corrected chi connectivity index (χ4v) is 0.348. The minimum atomic E-state index is -0.922. The van der Waals surface area contributed by atoms with Crippen LogP contribution >= 0.6 is 0 Å². The van der Waals surface area contributed by atoms with Crippen molar-refractivity contribution in [2.45, 2.75) is 19.4 Å². The van der Waals surface area contributed by atoms with Crippen molar-refractivity contribution in [1.29, 1.82) is 0 Å². The van der Waals surface area contributed by atoms with Crippen molar-refractivity contribution in [3.05, 3.63) is 0 Å². The number of ether oxygens (including phenoxy) is 1. The van der Waals surface area contributed by atoms with Gasteiger partial charge in [-0.15, -0.1) is 0 Å². The summed E-state index contributed by atoms with van der Waals surface area (Å²) in [6.07, 6.45) is 0. The zero-order valence-corrected chi connectivity index (χ0v) is 8.02. The zero-order valence-electron chi connectivity index (χ0n) is 6.02. The van der Waals surface area contributed by atoms with Gasteiger partial charge in [-0.2, -0.15) is 0 Å². The van der Waals surface area contributed by atoms with Gasteiger partial charge in [-0.05, 0) is 0 Å². The maximum absolute atomic E-state index is 10.6. The van der Waals surface area contributed by atoms with Crippen LogP contribution in [0.2, 0.25) is 0 Å². The third-order valence-corrected chi connectivity index (χ3v) is 0.492. The first-order chi connectivity index (χ1) is 3.06. The molecule has 8 heavy (non-hydrogen) atoms. The average Bonchev–Trinajstić information content (AvgIpc) is 1.30. The molecule has 0 atom stereocenters. The van der Waals surface area contributed by atoms with Gasteiger partial charge in [-0.25, -0.2) is 0 Å². The summed E-state index contributed by atoms with van der Waals surface area (Å²) >= 11 is 0. The van der Waals surface area contributed by atoms with Crippen molar-refractivity contribution in [3.8, 4) is 0 Å². The van der Waals surface area contributed by atoms with Gasteiger partial charge >= 0.3 is 29.6 Å². The van der Waals surface area contributed by atoms with Crippen LogP contribution in [-0.2, 0) is 4.74 Å². The molecule has 0 radical (unpaired) electrons. The first-order valence-electron chi connectivity index (χ1n) is 2.25. The third kappa shape index (κ3) is 10.0. The topological polar surface area (TPSA) is 32.3 Å². The Balaban J connectivity index is 0. The Labute approximate surface area is 72.5 Å². The Morgan fingerprint density at radius 3 is 1.88 bits per heavy atom. The summed E-state index contributed by atoms with van der Waals surface area (Å²) in [7, 11) is 1.53. The Morgan fingerprint density at radius 2 is 1.88 bits per heavy atom. The average molecular weight is 126 g/mol. The van der Waals surface area contributed by atoms with Crippen molar-refractivity contribution in [1.82, 2.24) is 0 Å². The molecular weight excluding hydrogens is 115 g/mol. The Bertz CT molecular complexity index is 48.9. The smallest absolute Gasteiger partial charge is 0.848 e. The van der Waals surface area contributed by atoms with Crippen LogP contribution in [0.15, 0.2) is 0 Å². The Morgan fingerprint density at radius 1 is 1.50 bits per heavy atom. The predicted octanol–water partition coefficient (Wildman–Crippen LogP) is -3.22. The summed E-state index contributed by atoms with van der Waals surface area (Å²) in [6, 6.07) is 0. The summed E-state index contributed by atoms with van der Waals surface area (Å²) in [6.45, 7) is 3.47. The molecule has 0 N–H and O–H groups in total. The number of hydrogen-bond donors (Lipinski definition) is 0. The van der Waals surface area contributed by atoms with Crippen molar-refractivity contribution in [3.63, 3.8) is 0 Å². The monoisotopic (exact) mass is 126 g/mol. The van der Waals surface area contributed by atoms with Crippen LogP contribution in [0, 0.1) is 0 Å². The van der Waals surface area contributed by atoms with Crippen molar-refractivity contribution >= 4 is 0 Å². The van der Waals surface area contributed by atoms with E-state index < -0.39 is 5.60 Å². The molecular formula is C5H11NaO2. The van der Waals surface area contributed by atoms with Crippen LogP contribution in [-0.4, -0.2) is 19.3 Å². The van der Waals surface area contributed by atoms with Crippen molar-refractivity contribution in [2.75, 3.05) is 13.7 Å². The fraction of sp³-hybridized carbons (Fsp3) is 1.00. The predicted molar refractivity (Wildman–Crippen MR) is 26.0 cm³/mol. The molecule has 0 saturated heterocycles. The second kappa shape index (κ2) is 4.77. The first-order valence-corrected chi connectivity index (χ1v) is 2.25. The molecule has 0 aromatic carbocycles. The van der Waals surface area contributed by atoms with Gasteiger partial charge < -0.3 is 9.84 Å². The zero-order chi connectivity index (χ0) is 5.91. The molecule has 0 aliphatic heterocycles. The van der Waals surface area contributed by atoms with Crippen LogP contribution in [0.25, 0.3) is 0 Å². The van der Waals surface area contributed by atoms with E-state index in [1.807, 2.05) is 0 Å². The van der Waals surface area contributed by atoms with E-state index in [2.05, 4.69) is 4.74 Å². The van der Waals surface area contributed by atoms with Crippen LogP contribution in [0.1, 0.15) is 13.8 Å². The van der Waals surface area contributed by atoms with E-state index in [4.69, 9.17) is 0 Å². The molecule has 0 aliphatic carbocycles. The molecule has 0 fully saturated rings. The Kier molecular flexibility index (Phi) is 6.96. The second-order valence-corrected chi connectivity index (χ2v) is 2.19. The minimum absolute atomic E-state index is 0. The van der Waals surface area contributed by atoms with Crippen LogP contribution in [0.4, 0.5) is 0 Å². The molecule has 0 aliphatic rings. The van der Waals surface area contributed by atoms with Gasteiger partial charge in [0.15, 0.2) is 0 Å². The molecule has 0 aromatic rings. The van der Waals surface area contributed by atoms with E-state index in [1.165, 1.54) is 7.11 Å². The van der Waals surface area contributed by atoms with Crippen molar-refractivity contribution < 1.29 is 39.4 Å². The van der Waals surface area contributed by atoms with E-state index >= 15 is 0 Å². The molecule has 0 amide bonds. The second-order valence-electron chi connectivity index (χ2n) is 2.19.